The third-order valence-electron chi connectivity index (χ3n) is 7.28. The van der Waals surface area contributed by atoms with Crippen LogP contribution in [0.25, 0.3) is 0 Å². The number of rotatable bonds is 8. The molecule has 0 unspecified atom stereocenters. The molecule has 178 valence electrons. The summed E-state index contributed by atoms with van der Waals surface area (Å²) in [5, 5.41) is 5.50. The second kappa shape index (κ2) is 9.97. The van der Waals surface area contributed by atoms with Gasteiger partial charge in [-0.3, -0.25) is 14.4 Å². The molecular weight excluding hydrogens is 432 g/mol. The number of aryl methyl sites for hydroxylation is 1. The molecular formula is C24H29F2N3O4. The lowest BCUT2D eigenvalue weighted by atomic mass is 9.92. The van der Waals surface area contributed by atoms with Gasteiger partial charge < -0.3 is 20.3 Å². The molecule has 7 nitrogen and oxygen atoms in total. The number of nitrogens with zero attached hydrogens (tertiary/aromatic N) is 1. The van der Waals surface area contributed by atoms with Crippen molar-refractivity contribution in [3.8, 4) is 0 Å². The molecule has 2 saturated heterocycles. The number of likely N-dealkylation sites (tertiary alicyclic amines) is 1. The summed E-state index contributed by atoms with van der Waals surface area (Å²) in [7, 11) is 0. The Morgan fingerprint density at radius 1 is 1.21 bits per heavy atom. The van der Waals surface area contributed by atoms with Crippen LogP contribution in [0.5, 0.6) is 0 Å². The summed E-state index contributed by atoms with van der Waals surface area (Å²) in [5.41, 5.74) is 0.513. The number of carbonyl (C=O) groups is 4. The number of carbonyl (C=O) groups excluding carboxylic acids is 4. The summed E-state index contributed by atoms with van der Waals surface area (Å²) >= 11 is 0. The van der Waals surface area contributed by atoms with Crippen LogP contribution in [0.1, 0.15) is 44.1 Å². The molecule has 1 aromatic carbocycles. The molecule has 3 amide bonds. The lowest BCUT2D eigenvalue weighted by Crippen LogP contribution is -2.52. The number of nitrogens with one attached hydrogen (secondary N) is 2. The summed E-state index contributed by atoms with van der Waals surface area (Å²) in [6, 6.07) is 2.12. The topological polar surface area (TPSA) is 95.6 Å². The van der Waals surface area contributed by atoms with Crippen LogP contribution in [-0.4, -0.2) is 54.1 Å². The number of halogens is 2. The molecule has 3 fully saturated rings. The summed E-state index contributed by atoms with van der Waals surface area (Å²) in [5.74, 6) is -2.60. The fourth-order valence-corrected chi connectivity index (χ4v) is 5.58. The fourth-order valence-electron chi connectivity index (χ4n) is 5.58. The van der Waals surface area contributed by atoms with E-state index in [0.717, 1.165) is 31.4 Å². The van der Waals surface area contributed by atoms with E-state index in [4.69, 9.17) is 0 Å². The van der Waals surface area contributed by atoms with Gasteiger partial charge in [0.15, 0.2) is 11.6 Å². The van der Waals surface area contributed by atoms with E-state index in [2.05, 4.69) is 10.6 Å². The van der Waals surface area contributed by atoms with E-state index in [1.54, 1.807) is 4.90 Å². The van der Waals surface area contributed by atoms with Gasteiger partial charge in [-0.05, 0) is 61.6 Å². The average Bonchev–Trinajstić information content (AvgIpc) is 3.50. The van der Waals surface area contributed by atoms with Crippen LogP contribution in [0, 0.1) is 29.4 Å². The van der Waals surface area contributed by atoms with Crippen molar-refractivity contribution in [2.45, 2.75) is 57.0 Å². The lowest BCUT2D eigenvalue weighted by molar-refractivity contribution is -0.140. The molecule has 3 aliphatic rings. The molecule has 1 aliphatic carbocycles. The van der Waals surface area contributed by atoms with Crippen LogP contribution >= 0.6 is 0 Å². The molecule has 1 aromatic rings. The maximum Gasteiger partial charge on any atom is 0.243 e. The largest absolute Gasteiger partial charge is 0.356 e. The van der Waals surface area contributed by atoms with Crippen LogP contribution in [-0.2, 0) is 25.6 Å². The zero-order valence-corrected chi connectivity index (χ0v) is 18.4. The highest BCUT2D eigenvalue weighted by atomic mass is 19.2. The molecule has 0 bridgehead atoms. The fraction of sp³-hybridized carbons (Fsp3) is 0.583. The van der Waals surface area contributed by atoms with Crippen molar-refractivity contribution in [2.75, 3.05) is 13.1 Å². The van der Waals surface area contributed by atoms with E-state index in [9.17, 15) is 28.0 Å². The van der Waals surface area contributed by atoms with Gasteiger partial charge in [0.2, 0.25) is 17.7 Å². The summed E-state index contributed by atoms with van der Waals surface area (Å²) in [6.07, 6.45) is 4.62. The van der Waals surface area contributed by atoms with Gasteiger partial charge in [0.05, 0.1) is 6.04 Å². The highest BCUT2D eigenvalue weighted by Gasteiger charge is 2.49. The van der Waals surface area contributed by atoms with Crippen molar-refractivity contribution in [1.29, 1.82) is 0 Å². The van der Waals surface area contributed by atoms with Gasteiger partial charge in [-0.15, -0.1) is 0 Å². The minimum atomic E-state index is -0.955. The smallest absolute Gasteiger partial charge is 0.243 e. The van der Waals surface area contributed by atoms with Crippen LogP contribution in [0.15, 0.2) is 18.2 Å². The van der Waals surface area contributed by atoms with Gasteiger partial charge in [0.25, 0.3) is 0 Å². The van der Waals surface area contributed by atoms with E-state index in [1.165, 1.54) is 6.07 Å². The third-order valence-corrected chi connectivity index (χ3v) is 7.28. The quantitative estimate of drug-likeness (QED) is 0.577. The Labute approximate surface area is 191 Å². The highest BCUT2D eigenvalue weighted by Crippen LogP contribution is 2.42. The van der Waals surface area contributed by atoms with Gasteiger partial charge in [-0.25, -0.2) is 8.78 Å². The lowest BCUT2D eigenvalue weighted by Gasteiger charge is -2.28. The SMILES string of the molecule is O=C[C@H](C[C@@H]1CCNC1=O)NC(=O)[C@@H]1[C@H]2CCC[C@H]2CN1C(=O)CCc1ccc(F)c(F)c1. The number of hydrogen-bond donors (Lipinski definition) is 2. The number of benzene rings is 1. The minimum Gasteiger partial charge on any atom is -0.356 e. The Hall–Kier alpha value is -2.84. The molecule has 9 heteroatoms. The molecule has 0 spiro atoms. The molecule has 4 rings (SSSR count). The van der Waals surface area contributed by atoms with Crippen LogP contribution < -0.4 is 10.6 Å². The zero-order chi connectivity index (χ0) is 23.5. The van der Waals surface area contributed by atoms with Crippen molar-refractivity contribution >= 4 is 24.0 Å². The van der Waals surface area contributed by atoms with E-state index < -0.39 is 23.7 Å². The summed E-state index contributed by atoms with van der Waals surface area (Å²) < 4.78 is 26.6. The van der Waals surface area contributed by atoms with Gasteiger partial charge in [-0.1, -0.05) is 12.5 Å². The van der Waals surface area contributed by atoms with Crippen LogP contribution in [0.3, 0.4) is 0 Å². The molecule has 0 radical (unpaired) electrons. The molecule has 0 aromatic heterocycles. The molecule has 2 aliphatic heterocycles. The van der Waals surface area contributed by atoms with E-state index >= 15 is 0 Å². The van der Waals surface area contributed by atoms with Gasteiger partial charge in [0, 0.05) is 25.4 Å². The van der Waals surface area contributed by atoms with Gasteiger partial charge in [0.1, 0.15) is 12.3 Å². The van der Waals surface area contributed by atoms with Crippen LogP contribution in [0.2, 0.25) is 0 Å². The van der Waals surface area contributed by atoms with E-state index in [-0.39, 0.29) is 54.7 Å². The maximum atomic E-state index is 13.5. The number of fused-ring (bicyclic) bond motifs is 1. The normalized spacial score (nSPS) is 27.2. The van der Waals surface area contributed by atoms with Crippen molar-refractivity contribution in [2.24, 2.45) is 17.8 Å². The van der Waals surface area contributed by atoms with Crippen LogP contribution in [0.4, 0.5) is 8.78 Å². The highest BCUT2D eigenvalue weighted by molar-refractivity contribution is 5.90. The van der Waals surface area contributed by atoms with Crippen molar-refractivity contribution < 1.29 is 28.0 Å². The first-order valence-corrected chi connectivity index (χ1v) is 11.6. The number of hydrogen-bond acceptors (Lipinski definition) is 4. The monoisotopic (exact) mass is 461 g/mol. The first-order chi connectivity index (χ1) is 15.9. The second-order valence-electron chi connectivity index (χ2n) is 9.36. The van der Waals surface area contributed by atoms with E-state index in [1.807, 2.05) is 0 Å². The van der Waals surface area contributed by atoms with Crippen molar-refractivity contribution in [1.82, 2.24) is 15.5 Å². The molecule has 1 saturated carbocycles. The Morgan fingerprint density at radius 3 is 2.73 bits per heavy atom. The van der Waals surface area contributed by atoms with Crippen molar-refractivity contribution in [3.63, 3.8) is 0 Å². The Kier molecular flexibility index (Phi) is 7.05. The Bertz CT molecular complexity index is 940. The molecule has 33 heavy (non-hydrogen) atoms. The van der Waals surface area contributed by atoms with Gasteiger partial charge >= 0.3 is 0 Å². The molecule has 2 heterocycles. The second-order valence-corrected chi connectivity index (χ2v) is 9.36. The summed E-state index contributed by atoms with van der Waals surface area (Å²) in [4.78, 5) is 51.3. The zero-order valence-electron chi connectivity index (χ0n) is 18.4. The third kappa shape index (κ3) is 5.07. The molecule has 2 N–H and O–H groups in total. The maximum absolute atomic E-state index is 13.5. The predicted octanol–water partition coefficient (Wildman–Crippen LogP) is 1.73. The Morgan fingerprint density at radius 2 is 2.03 bits per heavy atom. The average molecular weight is 462 g/mol. The van der Waals surface area contributed by atoms with E-state index in [0.29, 0.717) is 31.4 Å². The predicted molar refractivity (Wildman–Crippen MR) is 115 cm³/mol. The first-order valence-electron chi connectivity index (χ1n) is 11.6. The molecule has 5 atom stereocenters. The Balaban J connectivity index is 1.41. The summed E-state index contributed by atoms with van der Waals surface area (Å²) in [6.45, 7) is 1.05. The number of aldehydes is 1. The standard InChI is InChI=1S/C24H29F2N3O4/c25-19-6-4-14(10-20(19)26)5-7-21(31)29-12-16-2-1-3-18(16)22(29)24(33)28-17(13-30)11-15-8-9-27-23(15)32/h4,6,10,13,15-18,22H,1-3,5,7-9,11-12H2,(H,27,32)(H,28,33)/t15-,16-,17-,18-,22-/m0/s1. The first kappa shape index (κ1) is 23.3. The minimum absolute atomic E-state index is 0.0410. The van der Waals surface area contributed by atoms with Gasteiger partial charge in [-0.2, -0.15) is 0 Å². The number of amides is 3. The van der Waals surface area contributed by atoms with Crippen molar-refractivity contribution in [3.05, 3.63) is 35.4 Å².